The summed E-state index contributed by atoms with van der Waals surface area (Å²) in [6.45, 7) is 6.23. The van der Waals surface area contributed by atoms with Crippen molar-refractivity contribution in [1.29, 1.82) is 5.26 Å². The van der Waals surface area contributed by atoms with Gasteiger partial charge in [-0.15, -0.1) is 0 Å². The number of carbonyl (C=O) groups excluding carboxylic acids is 1. The van der Waals surface area contributed by atoms with Gasteiger partial charge in [0.05, 0.1) is 36.0 Å². The normalized spacial score (nSPS) is 16.7. The van der Waals surface area contributed by atoms with Gasteiger partial charge in [-0.3, -0.25) is 4.79 Å². The maximum absolute atomic E-state index is 15.4. The fourth-order valence-corrected chi connectivity index (χ4v) is 5.69. The molecule has 0 unspecified atom stereocenters. The minimum Gasteiger partial charge on any atom is -0.495 e. The number of carbonyl (C=O) groups is 1. The molecule has 1 amide bonds. The number of benzene rings is 2. The zero-order valence-electron chi connectivity index (χ0n) is 24.9. The van der Waals surface area contributed by atoms with Gasteiger partial charge >= 0.3 is 0 Å². The summed E-state index contributed by atoms with van der Waals surface area (Å²) in [5, 5.41) is 16.5. The Bertz CT molecular complexity index is 1770. The van der Waals surface area contributed by atoms with Gasteiger partial charge in [0.2, 0.25) is 5.91 Å². The number of methoxy groups -OCH3 is 1. The summed E-state index contributed by atoms with van der Waals surface area (Å²) in [7, 11) is 1.60. The van der Waals surface area contributed by atoms with Gasteiger partial charge in [-0.2, -0.15) is 5.26 Å². The molecule has 2 aromatic heterocycles. The van der Waals surface area contributed by atoms with Gasteiger partial charge in [0.15, 0.2) is 0 Å². The number of amides is 1. The van der Waals surface area contributed by atoms with Crippen LogP contribution in [0.1, 0.15) is 19.3 Å². The quantitative estimate of drug-likeness (QED) is 0.230. The van der Waals surface area contributed by atoms with Crippen LogP contribution < -0.4 is 25.0 Å². The number of ether oxygens (including phenoxy) is 2. The summed E-state index contributed by atoms with van der Waals surface area (Å²) < 4.78 is 27.0. The predicted octanol–water partition coefficient (Wildman–Crippen LogP) is 5.65. The minimum absolute atomic E-state index is 0.0127. The van der Waals surface area contributed by atoms with E-state index in [4.69, 9.17) is 9.47 Å². The highest BCUT2D eigenvalue weighted by molar-refractivity contribution is 5.95. The molecule has 2 N–H and O–H groups in total. The van der Waals surface area contributed by atoms with Crippen LogP contribution >= 0.6 is 0 Å². The molecule has 12 heteroatoms. The van der Waals surface area contributed by atoms with Crippen LogP contribution in [0.15, 0.2) is 67.6 Å². The third kappa shape index (κ3) is 6.57. The van der Waals surface area contributed by atoms with Crippen molar-refractivity contribution in [3.05, 3.63) is 73.5 Å². The van der Waals surface area contributed by atoms with E-state index in [0.717, 1.165) is 37.3 Å². The van der Waals surface area contributed by atoms with Gasteiger partial charge in [-0.1, -0.05) is 6.58 Å². The third-order valence-corrected chi connectivity index (χ3v) is 8.14. The van der Waals surface area contributed by atoms with Gasteiger partial charge in [-0.25, -0.2) is 19.3 Å². The number of likely N-dealkylation sites (tertiary alicyclic amines) is 1. The highest BCUT2D eigenvalue weighted by atomic mass is 19.1. The monoisotopic (exact) mass is 608 g/mol. The van der Waals surface area contributed by atoms with Crippen LogP contribution in [0.4, 0.5) is 27.4 Å². The predicted molar refractivity (Wildman–Crippen MR) is 169 cm³/mol. The van der Waals surface area contributed by atoms with E-state index < -0.39 is 5.82 Å². The number of anilines is 4. The summed E-state index contributed by atoms with van der Waals surface area (Å²) in [4.78, 5) is 29.0. The fourth-order valence-electron chi connectivity index (χ4n) is 5.69. The van der Waals surface area contributed by atoms with Crippen LogP contribution in [0.25, 0.3) is 10.9 Å². The summed E-state index contributed by atoms with van der Waals surface area (Å²) in [5.41, 5.74) is 1.62. The molecule has 0 aliphatic carbocycles. The van der Waals surface area contributed by atoms with Gasteiger partial charge in [0.1, 0.15) is 41.0 Å². The summed E-state index contributed by atoms with van der Waals surface area (Å²) >= 11 is 0. The highest BCUT2D eigenvalue weighted by Gasteiger charge is 2.24. The number of fused-ring (bicyclic) bond motifs is 1. The van der Waals surface area contributed by atoms with Crippen LogP contribution in [-0.4, -0.2) is 65.1 Å². The van der Waals surface area contributed by atoms with E-state index in [9.17, 15) is 10.1 Å². The number of aromatic nitrogens is 3. The first-order chi connectivity index (χ1) is 21.9. The molecule has 6 rings (SSSR count). The first-order valence-corrected chi connectivity index (χ1v) is 14.8. The summed E-state index contributed by atoms with van der Waals surface area (Å²) in [6.07, 6.45) is 6.75. The Morgan fingerprint density at radius 3 is 2.62 bits per heavy atom. The SMILES string of the molecule is C=CC(=O)N1CCC(Nc2cc3c(Nc4ccc(Oc5ccnc(N6CC[C@H](C#N)C6)c5)cc4F)ncnc3cc2OC)CC1. The molecule has 4 heterocycles. The number of piperidine rings is 1. The van der Waals surface area contributed by atoms with E-state index in [1.807, 2.05) is 17.0 Å². The number of hydrogen-bond donors (Lipinski definition) is 2. The van der Waals surface area contributed by atoms with Crippen LogP contribution in [0, 0.1) is 23.1 Å². The molecular weight excluding hydrogens is 575 g/mol. The van der Waals surface area contributed by atoms with Crippen molar-refractivity contribution in [3.8, 4) is 23.3 Å². The Morgan fingerprint density at radius 2 is 1.89 bits per heavy atom. The van der Waals surface area contributed by atoms with Crippen LogP contribution in [-0.2, 0) is 4.79 Å². The molecule has 4 aromatic rings. The molecule has 45 heavy (non-hydrogen) atoms. The van der Waals surface area contributed by atoms with Crippen molar-refractivity contribution in [1.82, 2.24) is 19.9 Å². The zero-order chi connectivity index (χ0) is 31.3. The molecule has 2 aliphatic heterocycles. The van der Waals surface area contributed by atoms with E-state index >= 15 is 4.39 Å². The van der Waals surface area contributed by atoms with E-state index in [2.05, 4.69) is 38.2 Å². The van der Waals surface area contributed by atoms with Gasteiger partial charge in [0.25, 0.3) is 0 Å². The number of pyridine rings is 1. The van der Waals surface area contributed by atoms with Crippen LogP contribution in [0.5, 0.6) is 17.2 Å². The Kier molecular flexibility index (Phi) is 8.59. The second kappa shape index (κ2) is 13.1. The smallest absolute Gasteiger partial charge is 0.245 e. The number of rotatable bonds is 9. The Balaban J connectivity index is 1.18. The number of nitriles is 1. The average molecular weight is 609 g/mol. The number of halogens is 1. The number of nitrogens with zero attached hydrogens (tertiary/aromatic N) is 6. The average Bonchev–Trinajstić information content (AvgIpc) is 3.56. The van der Waals surface area contributed by atoms with Crippen molar-refractivity contribution < 1.29 is 18.7 Å². The van der Waals surface area contributed by atoms with Crippen molar-refractivity contribution in [2.45, 2.75) is 25.3 Å². The van der Waals surface area contributed by atoms with Crippen molar-refractivity contribution >= 4 is 39.8 Å². The van der Waals surface area contributed by atoms with Gasteiger partial charge in [-0.05, 0) is 49.6 Å². The maximum atomic E-state index is 15.4. The third-order valence-electron chi connectivity index (χ3n) is 8.14. The lowest BCUT2D eigenvalue weighted by Crippen LogP contribution is -2.41. The second-order valence-corrected chi connectivity index (χ2v) is 11.0. The minimum atomic E-state index is -0.516. The van der Waals surface area contributed by atoms with Crippen molar-refractivity contribution in [3.63, 3.8) is 0 Å². The molecule has 0 spiro atoms. The maximum Gasteiger partial charge on any atom is 0.245 e. The van der Waals surface area contributed by atoms with Crippen LogP contribution in [0.2, 0.25) is 0 Å². The molecule has 2 aromatic carbocycles. The standard InChI is InChI=1S/C33H33FN8O3/c1-3-32(43)41-12-8-22(9-13-41)39-29-16-25-28(17-30(29)44-2)37-20-38-33(25)40-27-5-4-23(14-26(27)34)45-24-6-10-36-31(15-24)42-11-7-21(18-35)19-42/h3-6,10,14-17,20-22,39H,1,7-9,11-13,19H2,2H3,(H,37,38,40)/t21-/m1/s1. The molecular formula is C33H33FN8O3. The van der Waals surface area contributed by atoms with E-state index in [0.29, 0.717) is 53.6 Å². The molecule has 2 fully saturated rings. The zero-order valence-corrected chi connectivity index (χ0v) is 24.9. The topological polar surface area (TPSA) is 129 Å². The van der Waals surface area contributed by atoms with E-state index in [1.54, 1.807) is 42.5 Å². The first-order valence-electron chi connectivity index (χ1n) is 14.8. The van der Waals surface area contributed by atoms with Crippen molar-refractivity contribution in [2.24, 2.45) is 5.92 Å². The molecule has 2 aliphatic rings. The summed E-state index contributed by atoms with van der Waals surface area (Å²) in [6, 6.07) is 14.2. The number of nitrogens with one attached hydrogen (secondary N) is 2. The Labute approximate surface area is 260 Å². The molecule has 11 nitrogen and oxygen atoms in total. The second-order valence-electron chi connectivity index (χ2n) is 11.0. The highest BCUT2D eigenvalue weighted by Crippen LogP contribution is 2.35. The lowest BCUT2D eigenvalue weighted by atomic mass is 10.0. The molecule has 0 saturated carbocycles. The lowest BCUT2D eigenvalue weighted by Gasteiger charge is -2.32. The Hall–Kier alpha value is -5.44. The van der Waals surface area contributed by atoms with Gasteiger partial charge in [0, 0.05) is 62.0 Å². The largest absolute Gasteiger partial charge is 0.495 e. The number of hydrogen-bond acceptors (Lipinski definition) is 10. The lowest BCUT2D eigenvalue weighted by molar-refractivity contribution is -0.126. The fraction of sp³-hybridized carbons (Fsp3) is 0.303. The van der Waals surface area contributed by atoms with E-state index in [-0.39, 0.29) is 23.6 Å². The van der Waals surface area contributed by atoms with E-state index in [1.165, 1.54) is 18.5 Å². The Morgan fingerprint density at radius 1 is 1.07 bits per heavy atom. The molecule has 0 bridgehead atoms. The molecule has 2 saturated heterocycles. The first kappa shape index (κ1) is 29.6. The molecule has 1 atom stereocenters. The van der Waals surface area contributed by atoms with Gasteiger partial charge < -0.3 is 29.9 Å². The van der Waals surface area contributed by atoms with Crippen LogP contribution in [0.3, 0.4) is 0 Å². The molecule has 0 radical (unpaired) electrons. The summed E-state index contributed by atoms with van der Waals surface area (Å²) in [5.74, 6) is 2.04. The van der Waals surface area contributed by atoms with Crippen molar-refractivity contribution in [2.75, 3.05) is 48.8 Å². The molecule has 230 valence electrons.